The Morgan fingerprint density at radius 3 is 2.75 bits per heavy atom. The summed E-state index contributed by atoms with van der Waals surface area (Å²) >= 11 is 0. The lowest BCUT2D eigenvalue weighted by atomic mass is 10.6. The molecule has 1 saturated heterocycles. The van der Waals surface area contributed by atoms with Crippen LogP contribution in [0.5, 0.6) is 0 Å². The van der Waals surface area contributed by atoms with Gasteiger partial charge in [-0.1, -0.05) is 0 Å². The zero-order chi connectivity index (χ0) is 8.39. The van der Waals surface area contributed by atoms with E-state index in [-0.39, 0.29) is 6.09 Å². The van der Waals surface area contributed by atoms with E-state index in [1.165, 1.54) is 4.90 Å². The molecular weight excluding hydrogens is 158 g/mol. The monoisotopic (exact) mass is 165 g/mol. The molecule has 0 N–H and O–H groups in total. The molecule has 1 aromatic rings. The van der Waals surface area contributed by atoms with Gasteiger partial charge in [-0.05, 0) is 6.07 Å². The van der Waals surface area contributed by atoms with Crippen LogP contribution in [0.25, 0.3) is 0 Å². The molecule has 1 fully saturated rings. The van der Waals surface area contributed by atoms with Crippen LogP contribution in [-0.2, 0) is 4.74 Å². The highest BCUT2D eigenvalue weighted by atomic mass is 16.6. The maximum Gasteiger partial charge on any atom is 0.416 e. The standard InChI is InChI=1S/C7H7N3O2/c11-7-10(4-5-12-7)6-8-2-1-3-9-6/h1-3H,4-5H2. The van der Waals surface area contributed by atoms with E-state index in [0.29, 0.717) is 19.1 Å². The number of carbonyl (C=O) groups excluding carboxylic acids is 1. The number of anilines is 1. The first-order chi connectivity index (χ1) is 5.88. The number of cyclic esters (lactones) is 1. The molecule has 62 valence electrons. The quantitative estimate of drug-likeness (QED) is 0.605. The van der Waals surface area contributed by atoms with Gasteiger partial charge in [0.2, 0.25) is 5.95 Å². The molecule has 0 atom stereocenters. The molecule has 0 saturated carbocycles. The van der Waals surface area contributed by atoms with Crippen LogP contribution in [0.3, 0.4) is 0 Å². The highest BCUT2D eigenvalue weighted by Crippen LogP contribution is 2.10. The van der Waals surface area contributed by atoms with Gasteiger partial charge in [-0.25, -0.2) is 19.7 Å². The molecule has 1 aromatic heterocycles. The van der Waals surface area contributed by atoms with Gasteiger partial charge in [0, 0.05) is 12.4 Å². The molecular formula is C7H7N3O2. The zero-order valence-corrected chi connectivity index (χ0v) is 6.30. The minimum absolute atomic E-state index is 0.374. The number of aromatic nitrogens is 2. The molecule has 1 aliphatic rings. The lowest BCUT2D eigenvalue weighted by Gasteiger charge is -2.07. The van der Waals surface area contributed by atoms with Crippen molar-refractivity contribution in [3.63, 3.8) is 0 Å². The summed E-state index contributed by atoms with van der Waals surface area (Å²) in [6, 6.07) is 1.70. The minimum atomic E-state index is -0.374. The van der Waals surface area contributed by atoms with E-state index in [1.807, 2.05) is 0 Å². The van der Waals surface area contributed by atoms with Crippen LogP contribution in [-0.4, -0.2) is 29.2 Å². The summed E-state index contributed by atoms with van der Waals surface area (Å²) in [7, 11) is 0. The second-order valence-electron chi connectivity index (χ2n) is 2.31. The molecule has 1 aliphatic heterocycles. The van der Waals surface area contributed by atoms with Crippen LogP contribution in [0.1, 0.15) is 0 Å². The van der Waals surface area contributed by atoms with Crippen molar-refractivity contribution >= 4 is 12.0 Å². The Hall–Kier alpha value is -1.65. The van der Waals surface area contributed by atoms with Gasteiger partial charge in [0.05, 0.1) is 6.54 Å². The Labute approximate surface area is 69.0 Å². The Balaban J connectivity index is 2.25. The SMILES string of the molecule is O=C1OCCN1c1ncccn1. The van der Waals surface area contributed by atoms with Crippen molar-refractivity contribution in [2.24, 2.45) is 0 Å². The number of hydrogen-bond donors (Lipinski definition) is 0. The Morgan fingerprint density at radius 2 is 2.17 bits per heavy atom. The van der Waals surface area contributed by atoms with Crippen molar-refractivity contribution in [3.05, 3.63) is 18.5 Å². The molecule has 12 heavy (non-hydrogen) atoms. The molecule has 0 spiro atoms. The molecule has 2 rings (SSSR count). The van der Waals surface area contributed by atoms with Gasteiger partial charge in [0.15, 0.2) is 0 Å². The average Bonchev–Trinajstić information content (AvgIpc) is 2.53. The molecule has 5 nitrogen and oxygen atoms in total. The topological polar surface area (TPSA) is 55.3 Å². The van der Waals surface area contributed by atoms with E-state index < -0.39 is 0 Å². The third-order valence-corrected chi connectivity index (χ3v) is 1.55. The summed E-state index contributed by atoms with van der Waals surface area (Å²) in [5.41, 5.74) is 0. The third kappa shape index (κ3) is 1.09. The van der Waals surface area contributed by atoms with Crippen molar-refractivity contribution in [1.29, 1.82) is 0 Å². The molecule has 2 heterocycles. The minimum Gasteiger partial charge on any atom is -0.447 e. The van der Waals surface area contributed by atoms with Gasteiger partial charge < -0.3 is 4.74 Å². The first kappa shape index (κ1) is 7.02. The largest absolute Gasteiger partial charge is 0.447 e. The van der Waals surface area contributed by atoms with Crippen molar-refractivity contribution in [2.75, 3.05) is 18.1 Å². The fraction of sp³-hybridized carbons (Fsp3) is 0.286. The summed E-state index contributed by atoms with van der Waals surface area (Å²) in [6.45, 7) is 0.944. The second-order valence-corrected chi connectivity index (χ2v) is 2.31. The molecule has 5 heteroatoms. The Kier molecular flexibility index (Phi) is 1.62. The smallest absolute Gasteiger partial charge is 0.416 e. The molecule has 0 aromatic carbocycles. The maximum atomic E-state index is 11.0. The summed E-state index contributed by atoms with van der Waals surface area (Å²) in [6.07, 6.45) is 2.81. The number of rotatable bonds is 1. The maximum absolute atomic E-state index is 11.0. The fourth-order valence-electron chi connectivity index (χ4n) is 1.01. The first-order valence-electron chi connectivity index (χ1n) is 3.59. The summed E-state index contributed by atoms with van der Waals surface area (Å²) in [4.78, 5) is 20.3. The van der Waals surface area contributed by atoms with Crippen LogP contribution >= 0.6 is 0 Å². The van der Waals surface area contributed by atoms with Crippen LogP contribution in [0.4, 0.5) is 10.7 Å². The number of nitrogens with zero attached hydrogens (tertiary/aromatic N) is 3. The highest BCUT2D eigenvalue weighted by molar-refractivity contribution is 5.86. The Bertz CT molecular complexity index is 288. The van der Waals surface area contributed by atoms with Gasteiger partial charge in [-0.2, -0.15) is 0 Å². The van der Waals surface area contributed by atoms with E-state index in [0.717, 1.165) is 0 Å². The number of amides is 1. The van der Waals surface area contributed by atoms with Gasteiger partial charge in [-0.3, -0.25) is 0 Å². The predicted octanol–water partition coefficient (Wildman–Crippen LogP) is 0.433. The summed E-state index contributed by atoms with van der Waals surface area (Å²) < 4.78 is 4.73. The third-order valence-electron chi connectivity index (χ3n) is 1.55. The average molecular weight is 165 g/mol. The number of ether oxygens (including phenoxy) is 1. The normalized spacial score (nSPS) is 16.3. The summed E-state index contributed by atoms with van der Waals surface area (Å²) in [5, 5.41) is 0. The second kappa shape index (κ2) is 2.77. The van der Waals surface area contributed by atoms with Crippen LogP contribution < -0.4 is 4.90 Å². The van der Waals surface area contributed by atoms with Crippen molar-refractivity contribution < 1.29 is 9.53 Å². The van der Waals surface area contributed by atoms with E-state index >= 15 is 0 Å². The van der Waals surface area contributed by atoms with Crippen LogP contribution in [0.2, 0.25) is 0 Å². The Morgan fingerprint density at radius 1 is 1.42 bits per heavy atom. The summed E-state index contributed by atoms with van der Waals surface area (Å²) in [5.74, 6) is 0.403. The van der Waals surface area contributed by atoms with E-state index in [2.05, 4.69) is 9.97 Å². The fourth-order valence-corrected chi connectivity index (χ4v) is 1.01. The zero-order valence-electron chi connectivity index (χ0n) is 6.30. The van der Waals surface area contributed by atoms with Gasteiger partial charge in [-0.15, -0.1) is 0 Å². The van der Waals surface area contributed by atoms with E-state index in [1.54, 1.807) is 18.5 Å². The van der Waals surface area contributed by atoms with Gasteiger partial charge in [0.1, 0.15) is 6.61 Å². The molecule has 1 amide bonds. The molecule has 0 radical (unpaired) electrons. The first-order valence-corrected chi connectivity index (χ1v) is 3.59. The van der Waals surface area contributed by atoms with Crippen LogP contribution in [0, 0.1) is 0 Å². The van der Waals surface area contributed by atoms with E-state index in [9.17, 15) is 4.79 Å². The van der Waals surface area contributed by atoms with Crippen molar-refractivity contribution in [1.82, 2.24) is 9.97 Å². The predicted molar refractivity (Wildman–Crippen MR) is 40.7 cm³/mol. The molecule has 0 unspecified atom stereocenters. The van der Waals surface area contributed by atoms with E-state index in [4.69, 9.17) is 4.74 Å². The van der Waals surface area contributed by atoms with Crippen molar-refractivity contribution in [2.45, 2.75) is 0 Å². The van der Waals surface area contributed by atoms with Crippen molar-refractivity contribution in [3.8, 4) is 0 Å². The lowest BCUT2D eigenvalue weighted by molar-refractivity contribution is 0.181. The van der Waals surface area contributed by atoms with Crippen LogP contribution in [0.15, 0.2) is 18.5 Å². The van der Waals surface area contributed by atoms with Gasteiger partial charge in [0.25, 0.3) is 0 Å². The highest BCUT2D eigenvalue weighted by Gasteiger charge is 2.25. The van der Waals surface area contributed by atoms with Gasteiger partial charge >= 0.3 is 6.09 Å². The molecule has 0 aliphatic carbocycles. The lowest BCUT2D eigenvalue weighted by Crippen LogP contribution is -2.25. The molecule has 0 bridgehead atoms. The number of hydrogen-bond acceptors (Lipinski definition) is 4. The number of carbonyl (C=O) groups is 1.